The Morgan fingerprint density at radius 2 is 1.68 bits per heavy atom. The second-order valence-corrected chi connectivity index (χ2v) is 13.2. The zero-order valence-corrected chi connectivity index (χ0v) is 25.9. The van der Waals surface area contributed by atoms with Crippen molar-refractivity contribution in [3.05, 3.63) is 71.2 Å². The lowest BCUT2D eigenvalue weighted by Gasteiger charge is -2.38. The van der Waals surface area contributed by atoms with Crippen LogP contribution in [0.25, 0.3) is 0 Å². The number of amides is 3. The SMILES string of the molecule is C[C@@H]1CN([C@@H](C)CO)C(=O)c2cc(NC(=O)Nc3ccc4c(c3)OCO4)ccc2O[C@H]1CN(C)S(=O)(=O)c1ccc(Cl)cc1. The minimum absolute atomic E-state index is 0.0148. The van der Waals surface area contributed by atoms with Crippen molar-refractivity contribution in [1.29, 1.82) is 0 Å². The number of hydrogen-bond donors (Lipinski definition) is 3. The fourth-order valence-electron chi connectivity index (χ4n) is 4.92. The average Bonchev–Trinajstić information content (AvgIpc) is 3.47. The summed E-state index contributed by atoms with van der Waals surface area (Å²) in [5.74, 6) is 0.614. The number of fused-ring (bicyclic) bond motifs is 2. The number of halogens is 1. The van der Waals surface area contributed by atoms with E-state index >= 15 is 0 Å². The molecule has 0 spiro atoms. The number of nitrogens with one attached hydrogen (secondary N) is 2. The second kappa shape index (κ2) is 12.9. The number of nitrogens with zero attached hydrogens (tertiary/aromatic N) is 2. The van der Waals surface area contributed by atoms with Crippen LogP contribution in [0.2, 0.25) is 5.02 Å². The van der Waals surface area contributed by atoms with Crippen LogP contribution in [0.15, 0.2) is 65.6 Å². The molecule has 0 saturated carbocycles. The van der Waals surface area contributed by atoms with Gasteiger partial charge in [0.15, 0.2) is 11.5 Å². The number of rotatable bonds is 8. The number of anilines is 2. The van der Waals surface area contributed by atoms with Crippen molar-refractivity contribution in [3.63, 3.8) is 0 Å². The second-order valence-electron chi connectivity index (χ2n) is 10.7. The van der Waals surface area contributed by atoms with Gasteiger partial charge in [0.25, 0.3) is 5.91 Å². The molecular formula is C30H33ClN4O8S. The molecule has 3 aromatic carbocycles. The van der Waals surface area contributed by atoms with Crippen LogP contribution < -0.4 is 24.8 Å². The average molecular weight is 645 g/mol. The molecule has 2 aliphatic heterocycles. The maximum Gasteiger partial charge on any atom is 0.323 e. The molecule has 3 amide bonds. The first-order valence-electron chi connectivity index (χ1n) is 13.9. The number of urea groups is 1. The topological polar surface area (TPSA) is 147 Å². The summed E-state index contributed by atoms with van der Waals surface area (Å²) in [6.45, 7) is 3.59. The molecule has 2 aliphatic rings. The van der Waals surface area contributed by atoms with Crippen LogP contribution in [0, 0.1) is 5.92 Å². The van der Waals surface area contributed by atoms with Gasteiger partial charge in [0.1, 0.15) is 11.9 Å². The lowest BCUT2D eigenvalue weighted by Crippen LogP contribution is -2.50. The molecule has 0 bridgehead atoms. The van der Waals surface area contributed by atoms with Gasteiger partial charge in [0.2, 0.25) is 16.8 Å². The summed E-state index contributed by atoms with van der Waals surface area (Å²) >= 11 is 5.94. The first-order chi connectivity index (χ1) is 21.0. The van der Waals surface area contributed by atoms with Crippen molar-refractivity contribution < 1.29 is 37.3 Å². The van der Waals surface area contributed by atoms with Gasteiger partial charge < -0.3 is 34.9 Å². The van der Waals surface area contributed by atoms with E-state index in [0.717, 1.165) is 0 Å². The Morgan fingerprint density at radius 1 is 1.05 bits per heavy atom. The van der Waals surface area contributed by atoms with Crippen LogP contribution in [0.3, 0.4) is 0 Å². The molecule has 0 unspecified atom stereocenters. The Hall–Kier alpha value is -4.04. The summed E-state index contributed by atoms with van der Waals surface area (Å²) in [6.07, 6.45) is -0.657. The molecule has 5 rings (SSSR count). The molecule has 234 valence electrons. The van der Waals surface area contributed by atoms with Gasteiger partial charge in [-0.25, -0.2) is 13.2 Å². The van der Waals surface area contributed by atoms with Gasteiger partial charge in [-0.2, -0.15) is 4.31 Å². The smallest absolute Gasteiger partial charge is 0.323 e. The number of sulfonamides is 1. The number of aliphatic hydroxyl groups excluding tert-OH is 1. The molecule has 3 aromatic rings. The minimum Gasteiger partial charge on any atom is -0.488 e. The molecule has 0 aliphatic carbocycles. The first-order valence-corrected chi connectivity index (χ1v) is 15.7. The van der Waals surface area contributed by atoms with Crippen LogP contribution in [0.5, 0.6) is 17.2 Å². The Balaban J connectivity index is 1.38. The number of carbonyl (C=O) groups excluding carboxylic acids is 2. The molecule has 2 heterocycles. The Labute approximate surface area is 260 Å². The van der Waals surface area contributed by atoms with Crippen molar-refractivity contribution in [2.45, 2.75) is 30.9 Å². The fourth-order valence-corrected chi connectivity index (χ4v) is 6.23. The lowest BCUT2D eigenvalue weighted by molar-refractivity contribution is 0.0387. The third kappa shape index (κ3) is 6.70. The number of benzene rings is 3. The van der Waals surface area contributed by atoms with E-state index in [4.69, 9.17) is 25.8 Å². The van der Waals surface area contributed by atoms with Gasteiger partial charge in [-0.15, -0.1) is 0 Å². The standard InChI is InChI=1S/C30H33ClN4O8S/c1-18-14-35(19(2)16-36)29(37)24-12-21(32-30(38)33-22-7-11-26-27(13-22)42-17-41-26)6-10-25(24)43-28(18)15-34(3)44(39,40)23-8-4-20(31)5-9-23/h4-13,18-19,28,36H,14-17H2,1-3H3,(H2,32,33,38)/t18-,19+,28+/m1/s1. The maximum atomic E-state index is 13.7. The fraction of sp³-hybridized carbons (Fsp3) is 0.333. The molecular weight excluding hydrogens is 612 g/mol. The van der Waals surface area contributed by atoms with Gasteiger partial charge in [-0.05, 0) is 61.5 Å². The van der Waals surface area contributed by atoms with Crippen LogP contribution in [0.4, 0.5) is 16.2 Å². The highest BCUT2D eigenvalue weighted by Crippen LogP contribution is 2.35. The number of ether oxygens (including phenoxy) is 3. The van der Waals surface area contributed by atoms with Crippen LogP contribution in [0.1, 0.15) is 24.2 Å². The van der Waals surface area contributed by atoms with Gasteiger partial charge >= 0.3 is 6.03 Å². The van der Waals surface area contributed by atoms with Crippen LogP contribution in [-0.4, -0.2) is 80.4 Å². The van der Waals surface area contributed by atoms with E-state index in [1.165, 1.54) is 46.6 Å². The molecule has 44 heavy (non-hydrogen) atoms. The molecule has 12 nitrogen and oxygen atoms in total. The van der Waals surface area contributed by atoms with Crippen molar-refractivity contribution in [1.82, 2.24) is 9.21 Å². The number of hydrogen-bond acceptors (Lipinski definition) is 8. The molecule has 3 N–H and O–H groups in total. The van der Waals surface area contributed by atoms with Gasteiger partial charge in [-0.1, -0.05) is 18.5 Å². The number of likely N-dealkylation sites (N-methyl/N-ethyl adjacent to an activating group) is 1. The van der Waals surface area contributed by atoms with Crippen molar-refractivity contribution in [3.8, 4) is 17.2 Å². The number of aliphatic hydroxyl groups is 1. The van der Waals surface area contributed by atoms with E-state index in [1.807, 2.05) is 6.92 Å². The van der Waals surface area contributed by atoms with Crippen molar-refractivity contribution in [2.75, 3.05) is 44.2 Å². The summed E-state index contributed by atoms with van der Waals surface area (Å²) in [7, 11) is -2.40. The molecule has 0 aromatic heterocycles. The normalized spacial score (nSPS) is 18.6. The highest BCUT2D eigenvalue weighted by molar-refractivity contribution is 7.89. The van der Waals surface area contributed by atoms with Gasteiger partial charge in [0, 0.05) is 42.0 Å². The van der Waals surface area contributed by atoms with E-state index < -0.39 is 34.1 Å². The number of carbonyl (C=O) groups is 2. The minimum atomic E-state index is -3.87. The zero-order chi connectivity index (χ0) is 31.6. The Kier molecular flexibility index (Phi) is 9.20. The Morgan fingerprint density at radius 3 is 2.36 bits per heavy atom. The summed E-state index contributed by atoms with van der Waals surface area (Å²) in [5, 5.41) is 15.8. The van der Waals surface area contributed by atoms with Crippen molar-refractivity contribution in [2.24, 2.45) is 5.92 Å². The van der Waals surface area contributed by atoms with E-state index in [1.54, 1.807) is 37.3 Å². The summed E-state index contributed by atoms with van der Waals surface area (Å²) < 4.78 is 44.8. The third-order valence-electron chi connectivity index (χ3n) is 7.51. The van der Waals surface area contributed by atoms with E-state index in [9.17, 15) is 23.1 Å². The van der Waals surface area contributed by atoms with Gasteiger partial charge in [0.05, 0.1) is 29.7 Å². The summed E-state index contributed by atoms with van der Waals surface area (Å²) in [4.78, 5) is 28.2. The van der Waals surface area contributed by atoms with Crippen LogP contribution >= 0.6 is 11.6 Å². The third-order valence-corrected chi connectivity index (χ3v) is 9.60. The highest BCUT2D eigenvalue weighted by Gasteiger charge is 2.35. The first kappa shape index (κ1) is 31.4. The molecule has 0 fully saturated rings. The van der Waals surface area contributed by atoms with E-state index in [-0.39, 0.29) is 48.6 Å². The monoisotopic (exact) mass is 644 g/mol. The zero-order valence-electron chi connectivity index (χ0n) is 24.3. The molecule has 0 radical (unpaired) electrons. The largest absolute Gasteiger partial charge is 0.488 e. The summed E-state index contributed by atoms with van der Waals surface area (Å²) in [5.41, 5.74) is 0.962. The summed E-state index contributed by atoms with van der Waals surface area (Å²) in [6, 6.07) is 14.4. The van der Waals surface area contributed by atoms with Crippen LogP contribution in [-0.2, 0) is 10.0 Å². The predicted octanol–water partition coefficient (Wildman–Crippen LogP) is 4.25. The molecule has 14 heteroatoms. The van der Waals surface area contributed by atoms with Gasteiger partial charge in [-0.3, -0.25) is 4.79 Å². The Bertz CT molecular complexity index is 1650. The quantitative estimate of drug-likeness (QED) is 0.330. The molecule has 3 atom stereocenters. The highest BCUT2D eigenvalue weighted by atomic mass is 35.5. The predicted molar refractivity (Wildman–Crippen MR) is 164 cm³/mol. The van der Waals surface area contributed by atoms with E-state index in [2.05, 4.69) is 10.6 Å². The lowest BCUT2D eigenvalue weighted by atomic mass is 9.99. The van der Waals surface area contributed by atoms with E-state index in [0.29, 0.717) is 27.9 Å². The van der Waals surface area contributed by atoms with Crippen molar-refractivity contribution >= 4 is 44.9 Å². The maximum absolute atomic E-state index is 13.7. The molecule has 0 saturated heterocycles.